The molecule has 0 aliphatic heterocycles. The van der Waals surface area contributed by atoms with Crippen molar-refractivity contribution in [3.8, 4) is 5.69 Å². The van der Waals surface area contributed by atoms with E-state index >= 15 is 0 Å². The highest BCUT2D eigenvalue weighted by Gasteiger charge is 2.19. The molecule has 2 unspecified atom stereocenters. The first-order chi connectivity index (χ1) is 11.6. The van der Waals surface area contributed by atoms with E-state index in [0.29, 0.717) is 23.4 Å². The molecule has 2 heterocycles. The van der Waals surface area contributed by atoms with E-state index in [9.17, 15) is 9.90 Å². The molecule has 2 N–H and O–H groups in total. The molecule has 1 aromatic carbocycles. The molecule has 1 amide bonds. The van der Waals surface area contributed by atoms with E-state index < -0.39 is 6.10 Å². The van der Waals surface area contributed by atoms with Gasteiger partial charge < -0.3 is 14.8 Å². The summed E-state index contributed by atoms with van der Waals surface area (Å²) in [7, 11) is 0. The minimum absolute atomic E-state index is 0.208. The van der Waals surface area contributed by atoms with Gasteiger partial charge in [-0.1, -0.05) is 12.1 Å². The van der Waals surface area contributed by atoms with Gasteiger partial charge in [0.25, 0.3) is 5.91 Å². The fourth-order valence-electron chi connectivity index (χ4n) is 2.57. The highest BCUT2D eigenvalue weighted by Crippen LogP contribution is 2.19. The number of carbonyl (C=O) groups excluding carboxylic acids is 1. The Bertz CT molecular complexity index is 782. The van der Waals surface area contributed by atoms with Gasteiger partial charge in [-0.05, 0) is 37.3 Å². The summed E-state index contributed by atoms with van der Waals surface area (Å²) in [5, 5.41) is 17.2. The van der Waals surface area contributed by atoms with Crippen LogP contribution >= 0.6 is 0 Å². The lowest BCUT2D eigenvalue weighted by Crippen LogP contribution is -2.34. The van der Waals surface area contributed by atoms with Crippen molar-refractivity contribution in [1.29, 1.82) is 0 Å². The van der Waals surface area contributed by atoms with Gasteiger partial charge in [-0.25, -0.2) is 4.68 Å². The number of para-hydroxylation sites is 1. The van der Waals surface area contributed by atoms with Gasteiger partial charge >= 0.3 is 0 Å². The number of benzene rings is 1. The molecule has 0 bridgehead atoms. The maximum Gasteiger partial charge on any atom is 0.253 e. The molecule has 0 fully saturated rings. The lowest BCUT2D eigenvalue weighted by molar-refractivity contribution is 0.0903. The van der Waals surface area contributed by atoms with Crippen LogP contribution in [0.15, 0.2) is 65.5 Å². The number of hydrogen-bond acceptors (Lipinski definition) is 4. The molecule has 24 heavy (non-hydrogen) atoms. The van der Waals surface area contributed by atoms with Crippen molar-refractivity contribution in [3.63, 3.8) is 0 Å². The lowest BCUT2D eigenvalue weighted by atomic mass is 10.1. The first kappa shape index (κ1) is 16.0. The van der Waals surface area contributed by atoms with Crippen molar-refractivity contribution >= 4 is 5.91 Å². The number of aliphatic hydroxyl groups is 1. The van der Waals surface area contributed by atoms with Crippen molar-refractivity contribution in [2.45, 2.75) is 25.5 Å². The summed E-state index contributed by atoms with van der Waals surface area (Å²) in [6, 6.07) is 12.3. The Morgan fingerprint density at radius 3 is 2.83 bits per heavy atom. The smallest absolute Gasteiger partial charge is 0.253 e. The molecular formula is C18H19N3O3. The Labute approximate surface area is 139 Å². The summed E-state index contributed by atoms with van der Waals surface area (Å²) < 4.78 is 6.83. The van der Waals surface area contributed by atoms with Crippen molar-refractivity contribution in [2.75, 3.05) is 0 Å². The van der Waals surface area contributed by atoms with Crippen molar-refractivity contribution in [3.05, 3.63) is 72.4 Å². The van der Waals surface area contributed by atoms with Crippen LogP contribution in [-0.2, 0) is 0 Å². The second kappa shape index (κ2) is 7.14. The number of carbonyl (C=O) groups is 1. The predicted molar refractivity (Wildman–Crippen MR) is 88.8 cm³/mol. The molecule has 6 heteroatoms. The Hall–Kier alpha value is -2.86. The molecule has 0 saturated heterocycles. The maximum atomic E-state index is 12.6. The minimum Gasteiger partial charge on any atom is -0.467 e. The van der Waals surface area contributed by atoms with Gasteiger partial charge in [-0.2, -0.15) is 5.10 Å². The van der Waals surface area contributed by atoms with Crippen LogP contribution in [0.4, 0.5) is 0 Å². The van der Waals surface area contributed by atoms with Crippen LogP contribution in [0.25, 0.3) is 5.69 Å². The summed E-state index contributed by atoms with van der Waals surface area (Å²) in [6.45, 7) is 1.85. The van der Waals surface area contributed by atoms with Gasteiger partial charge in [-0.3, -0.25) is 4.79 Å². The summed E-state index contributed by atoms with van der Waals surface area (Å²) in [6.07, 6.45) is 4.58. The van der Waals surface area contributed by atoms with E-state index in [1.54, 1.807) is 41.3 Å². The van der Waals surface area contributed by atoms with Crippen LogP contribution < -0.4 is 5.32 Å². The summed E-state index contributed by atoms with van der Waals surface area (Å²) >= 11 is 0. The van der Waals surface area contributed by atoms with Gasteiger partial charge in [0, 0.05) is 24.9 Å². The minimum atomic E-state index is -0.753. The highest BCUT2D eigenvalue weighted by molar-refractivity contribution is 5.97. The number of nitrogens with one attached hydrogen (secondary N) is 1. The van der Waals surface area contributed by atoms with Gasteiger partial charge in [0.15, 0.2) is 0 Å². The van der Waals surface area contributed by atoms with E-state index in [1.807, 2.05) is 25.1 Å². The normalized spacial score (nSPS) is 13.4. The molecule has 3 aromatic rings. The Kier molecular flexibility index (Phi) is 4.77. The van der Waals surface area contributed by atoms with Gasteiger partial charge in [0.05, 0.1) is 17.5 Å². The summed E-state index contributed by atoms with van der Waals surface area (Å²) in [4.78, 5) is 12.6. The Morgan fingerprint density at radius 2 is 2.12 bits per heavy atom. The third-order valence-electron chi connectivity index (χ3n) is 3.73. The fraction of sp³-hybridized carbons (Fsp3) is 0.222. The van der Waals surface area contributed by atoms with Gasteiger partial charge in [-0.15, -0.1) is 0 Å². The van der Waals surface area contributed by atoms with Gasteiger partial charge in [0.1, 0.15) is 11.9 Å². The van der Waals surface area contributed by atoms with Crippen molar-refractivity contribution < 1.29 is 14.3 Å². The molecule has 124 valence electrons. The zero-order valence-electron chi connectivity index (χ0n) is 13.3. The monoisotopic (exact) mass is 325 g/mol. The first-order valence-electron chi connectivity index (χ1n) is 7.76. The summed E-state index contributed by atoms with van der Waals surface area (Å²) in [5.41, 5.74) is 1.24. The lowest BCUT2D eigenvalue weighted by Gasteiger charge is -2.18. The molecule has 6 nitrogen and oxygen atoms in total. The predicted octanol–water partition coefficient (Wildman–Crippen LogP) is 2.71. The van der Waals surface area contributed by atoms with E-state index in [0.717, 1.165) is 0 Å². The zero-order valence-corrected chi connectivity index (χ0v) is 13.3. The fourth-order valence-corrected chi connectivity index (χ4v) is 2.57. The standard InChI is InChI=1S/C18H19N3O3/c1-13(12-16(22)17-8-4-11-24-17)20-18(23)14-6-2-3-7-15(14)21-10-5-9-19-21/h2-11,13,16,22H,12H2,1H3,(H,20,23). The molecule has 3 rings (SSSR count). The molecule has 2 atom stereocenters. The topological polar surface area (TPSA) is 80.3 Å². The van der Waals surface area contributed by atoms with Crippen LogP contribution in [0, 0.1) is 0 Å². The SMILES string of the molecule is CC(CC(O)c1ccco1)NC(=O)c1ccccc1-n1cccn1. The van der Waals surface area contributed by atoms with Crippen LogP contribution in [0.1, 0.15) is 35.6 Å². The number of aromatic nitrogens is 2. The van der Waals surface area contributed by atoms with Gasteiger partial charge in [0.2, 0.25) is 0 Å². The number of rotatable bonds is 6. The van der Waals surface area contributed by atoms with Crippen LogP contribution in [0.5, 0.6) is 0 Å². The molecule has 2 aromatic heterocycles. The average Bonchev–Trinajstić information content (AvgIpc) is 3.28. The van der Waals surface area contributed by atoms with E-state index in [-0.39, 0.29) is 11.9 Å². The number of nitrogens with zero attached hydrogens (tertiary/aromatic N) is 2. The molecule has 0 spiro atoms. The Morgan fingerprint density at radius 1 is 1.29 bits per heavy atom. The van der Waals surface area contributed by atoms with Crippen molar-refractivity contribution in [1.82, 2.24) is 15.1 Å². The summed E-state index contributed by atoms with van der Waals surface area (Å²) in [5.74, 6) is 0.285. The second-order valence-electron chi connectivity index (χ2n) is 5.61. The number of aliphatic hydroxyl groups excluding tert-OH is 1. The third-order valence-corrected chi connectivity index (χ3v) is 3.73. The maximum absolute atomic E-state index is 12.6. The molecule has 0 aliphatic rings. The van der Waals surface area contributed by atoms with E-state index in [4.69, 9.17) is 4.42 Å². The van der Waals surface area contributed by atoms with Crippen LogP contribution in [-0.4, -0.2) is 26.8 Å². The average molecular weight is 325 g/mol. The van der Waals surface area contributed by atoms with Crippen LogP contribution in [0.3, 0.4) is 0 Å². The number of amides is 1. The quantitative estimate of drug-likeness (QED) is 0.730. The van der Waals surface area contributed by atoms with Crippen LogP contribution in [0.2, 0.25) is 0 Å². The first-order valence-corrected chi connectivity index (χ1v) is 7.76. The molecule has 0 aliphatic carbocycles. The highest BCUT2D eigenvalue weighted by atomic mass is 16.4. The zero-order chi connectivity index (χ0) is 16.9. The Balaban J connectivity index is 1.69. The number of hydrogen-bond donors (Lipinski definition) is 2. The molecular weight excluding hydrogens is 306 g/mol. The molecule has 0 saturated carbocycles. The molecule has 0 radical (unpaired) electrons. The van der Waals surface area contributed by atoms with E-state index in [1.165, 1.54) is 6.26 Å². The van der Waals surface area contributed by atoms with Crippen molar-refractivity contribution in [2.24, 2.45) is 0 Å². The third kappa shape index (κ3) is 3.55. The second-order valence-corrected chi connectivity index (χ2v) is 5.61. The number of furan rings is 1. The largest absolute Gasteiger partial charge is 0.467 e. The van der Waals surface area contributed by atoms with E-state index in [2.05, 4.69) is 10.4 Å².